The molecule has 4 nitrogen and oxygen atoms in total. The third kappa shape index (κ3) is 2.08. The van der Waals surface area contributed by atoms with Crippen LogP contribution in [0.5, 0.6) is 0 Å². The zero-order chi connectivity index (χ0) is 15.9. The van der Waals surface area contributed by atoms with Gasteiger partial charge in [-0.1, -0.05) is 37.1 Å². The van der Waals surface area contributed by atoms with Crippen LogP contribution in [0.2, 0.25) is 0 Å². The van der Waals surface area contributed by atoms with Crippen LogP contribution in [0.4, 0.5) is 0 Å². The Balaban J connectivity index is 1.88. The summed E-state index contributed by atoms with van der Waals surface area (Å²) in [5, 5.41) is 0. The molecule has 0 N–H and O–H groups in total. The Morgan fingerprint density at radius 1 is 1.13 bits per heavy atom. The van der Waals surface area contributed by atoms with E-state index in [0.29, 0.717) is 13.2 Å². The van der Waals surface area contributed by atoms with Crippen LogP contribution < -0.4 is 0 Å². The first-order chi connectivity index (χ1) is 11.2. The lowest BCUT2D eigenvalue weighted by atomic mass is 9.56. The van der Waals surface area contributed by atoms with Gasteiger partial charge in [0.2, 0.25) is 5.79 Å². The van der Waals surface area contributed by atoms with Gasteiger partial charge in [0, 0.05) is 24.8 Å². The third-order valence-corrected chi connectivity index (χ3v) is 5.56. The fraction of sp³-hybridized carbons (Fsp3) is 0.632. The van der Waals surface area contributed by atoms with Gasteiger partial charge >= 0.3 is 5.97 Å². The summed E-state index contributed by atoms with van der Waals surface area (Å²) in [6.07, 6.45) is 6.05. The molecule has 124 valence electrons. The van der Waals surface area contributed by atoms with Crippen molar-refractivity contribution in [1.82, 2.24) is 0 Å². The number of hydrogen-bond acceptors (Lipinski definition) is 4. The molecule has 0 amide bonds. The standard InChI is InChI=1S/C19H24O4/c1-14(20)23-19-16(15-8-4-5-10-17(15)19)9-3-2-6-11-18(19)21-12-7-13-22-18/h4-5,8,10,16H,2-3,6-7,9,11-13H2,1H3/t16-,19+/m1/s1. The van der Waals surface area contributed by atoms with Crippen molar-refractivity contribution in [3.8, 4) is 0 Å². The van der Waals surface area contributed by atoms with Gasteiger partial charge in [-0.3, -0.25) is 4.79 Å². The molecule has 2 aliphatic carbocycles. The van der Waals surface area contributed by atoms with E-state index in [4.69, 9.17) is 14.2 Å². The number of carbonyl (C=O) groups is 1. The van der Waals surface area contributed by atoms with Crippen LogP contribution in [0.3, 0.4) is 0 Å². The van der Waals surface area contributed by atoms with Gasteiger partial charge in [0.15, 0.2) is 5.60 Å². The molecule has 2 fully saturated rings. The lowest BCUT2D eigenvalue weighted by molar-refractivity contribution is -0.366. The van der Waals surface area contributed by atoms with E-state index in [9.17, 15) is 4.79 Å². The molecule has 1 saturated heterocycles. The molecule has 2 atom stereocenters. The van der Waals surface area contributed by atoms with Crippen molar-refractivity contribution < 1.29 is 19.0 Å². The second-order valence-electron chi connectivity index (χ2n) is 6.87. The lowest BCUT2D eigenvalue weighted by Crippen LogP contribution is -2.66. The predicted octanol–water partition coefficient (Wildman–Crippen LogP) is 3.64. The van der Waals surface area contributed by atoms with Crippen molar-refractivity contribution in [2.24, 2.45) is 0 Å². The van der Waals surface area contributed by atoms with Gasteiger partial charge in [-0.25, -0.2) is 0 Å². The van der Waals surface area contributed by atoms with Gasteiger partial charge in [0.25, 0.3) is 0 Å². The van der Waals surface area contributed by atoms with Crippen LogP contribution in [0, 0.1) is 0 Å². The Labute approximate surface area is 137 Å². The van der Waals surface area contributed by atoms with Gasteiger partial charge in [0.1, 0.15) is 0 Å². The van der Waals surface area contributed by atoms with Crippen molar-refractivity contribution >= 4 is 5.97 Å². The number of fused-ring (bicyclic) bond motifs is 5. The summed E-state index contributed by atoms with van der Waals surface area (Å²) in [7, 11) is 0. The summed E-state index contributed by atoms with van der Waals surface area (Å²) < 4.78 is 18.5. The number of hydrogen-bond donors (Lipinski definition) is 0. The van der Waals surface area contributed by atoms with Gasteiger partial charge in [-0.2, -0.15) is 0 Å². The molecular formula is C19H24O4. The second kappa shape index (κ2) is 5.60. The van der Waals surface area contributed by atoms with Crippen LogP contribution in [0.25, 0.3) is 0 Å². The summed E-state index contributed by atoms with van der Waals surface area (Å²) in [6, 6.07) is 8.29. The molecule has 1 saturated carbocycles. The van der Waals surface area contributed by atoms with Crippen molar-refractivity contribution in [2.45, 2.75) is 62.8 Å². The first-order valence-electron chi connectivity index (χ1n) is 8.76. The molecule has 1 spiro atoms. The van der Waals surface area contributed by atoms with Gasteiger partial charge < -0.3 is 14.2 Å². The van der Waals surface area contributed by atoms with E-state index in [-0.39, 0.29) is 11.9 Å². The summed E-state index contributed by atoms with van der Waals surface area (Å²) in [5.74, 6) is -0.917. The maximum absolute atomic E-state index is 12.0. The fourth-order valence-corrected chi connectivity index (χ4v) is 4.73. The molecule has 0 radical (unpaired) electrons. The highest BCUT2D eigenvalue weighted by Crippen LogP contribution is 2.63. The van der Waals surface area contributed by atoms with Crippen LogP contribution in [-0.4, -0.2) is 25.0 Å². The first kappa shape index (κ1) is 15.2. The van der Waals surface area contributed by atoms with Crippen LogP contribution in [0.15, 0.2) is 24.3 Å². The SMILES string of the molecule is CC(=O)O[C@]12c3ccccc3[C@H]1CCCCCC21OCCCO1. The zero-order valence-electron chi connectivity index (χ0n) is 13.7. The van der Waals surface area contributed by atoms with E-state index >= 15 is 0 Å². The molecule has 4 heteroatoms. The van der Waals surface area contributed by atoms with E-state index in [1.807, 2.05) is 6.07 Å². The van der Waals surface area contributed by atoms with Crippen molar-refractivity contribution in [1.29, 1.82) is 0 Å². The maximum atomic E-state index is 12.0. The highest BCUT2D eigenvalue weighted by atomic mass is 16.7. The quantitative estimate of drug-likeness (QED) is 0.742. The van der Waals surface area contributed by atoms with Crippen molar-refractivity contribution in [2.75, 3.05) is 13.2 Å². The van der Waals surface area contributed by atoms with E-state index in [0.717, 1.165) is 37.7 Å². The monoisotopic (exact) mass is 316 g/mol. The number of ether oxygens (including phenoxy) is 3. The zero-order valence-corrected chi connectivity index (χ0v) is 13.7. The molecule has 3 aliphatic rings. The van der Waals surface area contributed by atoms with E-state index in [2.05, 4.69) is 18.2 Å². The topological polar surface area (TPSA) is 44.8 Å². The molecular weight excluding hydrogens is 292 g/mol. The van der Waals surface area contributed by atoms with Gasteiger partial charge in [-0.15, -0.1) is 0 Å². The predicted molar refractivity (Wildman–Crippen MR) is 85.0 cm³/mol. The number of rotatable bonds is 1. The van der Waals surface area contributed by atoms with Crippen LogP contribution >= 0.6 is 0 Å². The Bertz CT molecular complexity index is 605. The minimum absolute atomic E-state index is 0.168. The molecule has 0 unspecified atom stereocenters. The van der Waals surface area contributed by atoms with E-state index < -0.39 is 11.4 Å². The summed E-state index contributed by atoms with van der Waals surface area (Å²) in [6.45, 7) is 2.82. The summed E-state index contributed by atoms with van der Waals surface area (Å²) >= 11 is 0. The molecule has 1 aromatic carbocycles. The first-order valence-corrected chi connectivity index (χ1v) is 8.76. The summed E-state index contributed by atoms with van der Waals surface area (Å²) in [5.41, 5.74) is 1.58. The van der Waals surface area contributed by atoms with Crippen LogP contribution in [-0.2, 0) is 24.6 Å². The normalized spacial score (nSPS) is 32.0. The van der Waals surface area contributed by atoms with E-state index in [1.54, 1.807) is 0 Å². The molecule has 1 aliphatic heterocycles. The van der Waals surface area contributed by atoms with E-state index in [1.165, 1.54) is 18.9 Å². The minimum atomic E-state index is -0.823. The second-order valence-corrected chi connectivity index (χ2v) is 6.87. The Morgan fingerprint density at radius 2 is 1.91 bits per heavy atom. The molecule has 0 bridgehead atoms. The van der Waals surface area contributed by atoms with Gasteiger partial charge in [-0.05, 0) is 24.8 Å². The number of carbonyl (C=O) groups excluding carboxylic acids is 1. The smallest absolute Gasteiger partial charge is 0.303 e. The molecule has 23 heavy (non-hydrogen) atoms. The lowest BCUT2D eigenvalue weighted by Gasteiger charge is -2.60. The largest absolute Gasteiger partial charge is 0.448 e. The molecule has 1 heterocycles. The summed E-state index contributed by atoms with van der Waals surface area (Å²) in [4.78, 5) is 12.0. The van der Waals surface area contributed by atoms with Crippen LogP contribution in [0.1, 0.15) is 62.5 Å². The minimum Gasteiger partial charge on any atom is -0.448 e. The fourth-order valence-electron chi connectivity index (χ4n) is 4.73. The van der Waals surface area contributed by atoms with Gasteiger partial charge in [0.05, 0.1) is 13.2 Å². The third-order valence-electron chi connectivity index (χ3n) is 5.56. The van der Waals surface area contributed by atoms with Crippen molar-refractivity contribution in [3.05, 3.63) is 35.4 Å². The Morgan fingerprint density at radius 3 is 2.70 bits per heavy atom. The Hall–Kier alpha value is -1.39. The molecule has 0 aromatic heterocycles. The number of benzene rings is 1. The average Bonchev–Trinajstić information content (AvgIpc) is 2.55. The number of esters is 1. The highest BCUT2D eigenvalue weighted by Gasteiger charge is 2.68. The molecule has 1 aromatic rings. The van der Waals surface area contributed by atoms with Crippen molar-refractivity contribution in [3.63, 3.8) is 0 Å². The molecule has 4 rings (SSSR count). The average molecular weight is 316 g/mol. The maximum Gasteiger partial charge on any atom is 0.303 e. The Kier molecular flexibility index (Phi) is 3.69. The highest BCUT2D eigenvalue weighted by molar-refractivity contribution is 5.69.